The molecule has 2 rings (SSSR count). The zero-order valence-electron chi connectivity index (χ0n) is 11.9. The highest BCUT2D eigenvalue weighted by Gasteiger charge is 2.42. The number of carbonyl (C=O) groups excluding carboxylic acids is 1. The molecule has 0 heterocycles. The summed E-state index contributed by atoms with van der Waals surface area (Å²) in [6, 6.07) is 8.25. The molecule has 0 unspecified atom stereocenters. The Balaban J connectivity index is 2.28. The minimum absolute atomic E-state index is 0.296. The summed E-state index contributed by atoms with van der Waals surface area (Å²) in [5.74, 6) is -1.51. The lowest BCUT2D eigenvalue weighted by molar-refractivity contribution is -0.144. The second kappa shape index (κ2) is 6.72. The van der Waals surface area contributed by atoms with Gasteiger partial charge in [-0.3, -0.25) is 4.79 Å². The van der Waals surface area contributed by atoms with Crippen molar-refractivity contribution < 1.29 is 19.8 Å². The van der Waals surface area contributed by atoms with Crippen molar-refractivity contribution in [2.24, 2.45) is 0 Å². The van der Waals surface area contributed by atoms with Crippen molar-refractivity contribution in [3.05, 3.63) is 35.9 Å². The molecule has 1 atom stereocenters. The summed E-state index contributed by atoms with van der Waals surface area (Å²) < 4.78 is 0. The third kappa shape index (κ3) is 3.24. The third-order valence-electron chi connectivity index (χ3n) is 4.25. The Morgan fingerprint density at radius 2 is 1.76 bits per heavy atom. The number of benzene rings is 1. The van der Waals surface area contributed by atoms with E-state index in [1.165, 1.54) is 0 Å². The number of nitrogens with one attached hydrogen (secondary N) is 1. The molecule has 1 amide bonds. The number of amides is 1. The highest BCUT2D eigenvalue weighted by atomic mass is 16.4. The maximum Gasteiger partial charge on any atom is 0.328 e. The largest absolute Gasteiger partial charge is 0.480 e. The van der Waals surface area contributed by atoms with Crippen molar-refractivity contribution in [3.63, 3.8) is 0 Å². The molecule has 0 aliphatic heterocycles. The SMILES string of the molecule is O=C(O)[C@@H](CO)NC(=O)C1(c2ccccc2)CCCCC1. The lowest BCUT2D eigenvalue weighted by Gasteiger charge is -2.37. The number of aliphatic hydroxyl groups is 1. The van der Waals surface area contributed by atoms with Crippen LogP contribution in [0.4, 0.5) is 0 Å². The molecule has 0 aromatic heterocycles. The number of hydrogen-bond donors (Lipinski definition) is 3. The molecule has 3 N–H and O–H groups in total. The summed E-state index contributed by atoms with van der Waals surface area (Å²) in [6.45, 7) is -0.605. The molecule has 0 saturated heterocycles. The lowest BCUT2D eigenvalue weighted by Crippen LogP contribution is -2.52. The van der Waals surface area contributed by atoms with Crippen LogP contribution in [0.3, 0.4) is 0 Å². The zero-order chi connectivity index (χ0) is 15.3. The molecular weight excluding hydrogens is 270 g/mol. The molecule has 0 spiro atoms. The predicted molar refractivity (Wildman–Crippen MR) is 77.9 cm³/mol. The standard InChI is InChI=1S/C16H21NO4/c18-11-13(14(19)20)17-15(21)16(9-5-2-6-10-16)12-7-3-1-4-8-12/h1,3-4,7-8,13,18H,2,5-6,9-11H2,(H,17,21)(H,19,20)/t13-/m1/s1. The van der Waals surface area contributed by atoms with Gasteiger partial charge in [0.05, 0.1) is 12.0 Å². The van der Waals surface area contributed by atoms with Crippen LogP contribution < -0.4 is 5.32 Å². The van der Waals surface area contributed by atoms with Crippen molar-refractivity contribution in [2.75, 3.05) is 6.61 Å². The highest BCUT2D eigenvalue weighted by molar-refractivity contribution is 5.91. The Hall–Kier alpha value is -1.88. The van der Waals surface area contributed by atoms with Crippen LogP contribution in [0.25, 0.3) is 0 Å². The van der Waals surface area contributed by atoms with Gasteiger partial charge < -0.3 is 15.5 Å². The van der Waals surface area contributed by atoms with Crippen LogP contribution in [0, 0.1) is 0 Å². The number of rotatable bonds is 5. The number of carbonyl (C=O) groups is 2. The van der Waals surface area contributed by atoms with Gasteiger partial charge in [0, 0.05) is 0 Å². The van der Waals surface area contributed by atoms with Gasteiger partial charge in [-0.15, -0.1) is 0 Å². The number of aliphatic carboxylic acids is 1. The van der Waals surface area contributed by atoms with Gasteiger partial charge in [-0.2, -0.15) is 0 Å². The van der Waals surface area contributed by atoms with Crippen molar-refractivity contribution in [3.8, 4) is 0 Å². The average molecular weight is 291 g/mol. The third-order valence-corrected chi connectivity index (χ3v) is 4.25. The van der Waals surface area contributed by atoms with E-state index < -0.39 is 24.0 Å². The number of carboxylic acids is 1. The van der Waals surface area contributed by atoms with Gasteiger partial charge in [-0.1, -0.05) is 49.6 Å². The summed E-state index contributed by atoms with van der Waals surface area (Å²) in [4.78, 5) is 23.7. The lowest BCUT2D eigenvalue weighted by atomic mass is 9.68. The minimum atomic E-state index is -1.25. The predicted octanol–water partition coefficient (Wildman–Crippen LogP) is 1.45. The molecule has 1 aromatic carbocycles. The van der Waals surface area contributed by atoms with E-state index in [0.29, 0.717) is 12.8 Å². The topological polar surface area (TPSA) is 86.6 Å². The van der Waals surface area contributed by atoms with Crippen LogP contribution >= 0.6 is 0 Å². The summed E-state index contributed by atoms with van der Waals surface area (Å²) in [5.41, 5.74) is 0.242. The molecule has 5 nitrogen and oxygen atoms in total. The maximum absolute atomic E-state index is 12.7. The van der Waals surface area contributed by atoms with Gasteiger partial charge in [0.15, 0.2) is 0 Å². The monoisotopic (exact) mass is 291 g/mol. The van der Waals surface area contributed by atoms with Gasteiger partial charge in [-0.25, -0.2) is 4.79 Å². The first kappa shape index (κ1) is 15.5. The molecule has 5 heteroatoms. The summed E-state index contributed by atoms with van der Waals surface area (Å²) in [6.07, 6.45) is 4.39. The van der Waals surface area contributed by atoms with Crippen molar-refractivity contribution in [1.29, 1.82) is 0 Å². The van der Waals surface area contributed by atoms with Crippen LogP contribution in [0.5, 0.6) is 0 Å². The fraction of sp³-hybridized carbons (Fsp3) is 0.500. The fourth-order valence-electron chi connectivity index (χ4n) is 3.04. The van der Waals surface area contributed by atoms with E-state index in [1.54, 1.807) is 0 Å². The molecule has 21 heavy (non-hydrogen) atoms. The van der Waals surface area contributed by atoms with Gasteiger partial charge >= 0.3 is 5.97 Å². The molecular formula is C16H21NO4. The molecule has 1 aliphatic rings. The van der Waals surface area contributed by atoms with Crippen LogP contribution in [0.15, 0.2) is 30.3 Å². The second-order valence-electron chi connectivity index (χ2n) is 5.56. The van der Waals surface area contributed by atoms with E-state index in [0.717, 1.165) is 24.8 Å². The second-order valence-corrected chi connectivity index (χ2v) is 5.56. The average Bonchev–Trinajstić information content (AvgIpc) is 2.53. The van der Waals surface area contributed by atoms with E-state index in [2.05, 4.69) is 5.32 Å². The van der Waals surface area contributed by atoms with Crippen LogP contribution in [0.1, 0.15) is 37.7 Å². The van der Waals surface area contributed by atoms with Gasteiger partial charge in [0.1, 0.15) is 6.04 Å². The molecule has 0 radical (unpaired) electrons. The number of aliphatic hydroxyl groups excluding tert-OH is 1. The molecule has 114 valence electrons. The fourth-order valence-corrected chi connectivity index (χ4v) is 3.04. The first-order valence-electron chi connectivity index (χ1n) is 7.30. The van der Waals surface area contributed by atoms with Crippen molar-refractivity contribution in [2.45, 2.75) is 43.6 Å². The first-order chi connectivity index (χ1) is 10.1. The zero-order valence-corrected chi connectivity index (χ0v) is 11.9. The Labute approximate surface area is 124 Å². The number of carboxylic acid groups (broad SMARTS) is 1. The van der Waals surface area contributed by atoms with E-state index in [1.807, 2.05) is 30.3 Å². The molecule has 1 aromatic rings. The minimum Gasteiger partial charge on any atom is -0.480 e. The summed E-state index contributed by atoms with van der Waals surface area (Å²) in [7, 11) is 0. The van der Waals surface area contributed by atoms with Crippen molar-refractivity contribution in [1.82, 2.24) is 5.32 Å². The summed E-state index contributed by atoms with van der Waals surface area (Å²) >= 11 is 0. The van der Waals surface area contributed by atoms with Crippen LogP contribution in [0.2, 0.25) is 0 Å². The van der Waals surface area contributed by atoms with Crippen molar-refractivity contribution >= 4 is 11.9 Å². The molecule has 1 aliphatic carbocycles. The van der Waals surface area contributed by atoms with E-state index >= 15 is 0 Å². The Morgan fingerprint density at radius 3 is 2.29 bits per heavy atom. The molecule has 1 saturated carbocycles. The van der Waals surface area contributed by atoms with Gasteiger partial charge in [0.25, 0.3) is 0 Å². The van der Waals surface area contributed by atoms with Gasteiger partial charge in [0.2, 0.25) is 5.91 Å². The highest BCUT2D eigenvalue weighted by Crippen LogP contribution is 2.39. The smallest absolute Gasteiger partial charge is 0.328 e. The van der Waals surface area contributed by atoms with E-state index in [4.69, 9.17) is 10.2 Å². The van der Waals surface area contributed by atoms with Crippen LogP contribution in [-0.2, 0) is 15.0 Å². The number of hydrogen-bond acceptors (Lipinski definition) is 3. The normalized spacial score (nSPS) is 18.7. The van der Waals surface area contributed by atoms with E-state index in [9.17, 15) is 9.59 Å². The summed E-state index contributed by atoms with van der Waals surface area (Å²) in [5, 5.41) is 20.6. The Bertz CT molecular complexity index is 494. The maximum atomic E-state index is 12.7. The molecule has 1 fully saturated rings. The van der Waals surface area contributed by atoms with E-state index in [-0.39, 0.29) is 5.91 Å². The molecule has 0 bridgehead atoms. The Morgan fingerprint density at radius 1 is 1.14 bits per heavy atom. The quantitative estimate of drug-likeness (QED) is 0.766. The van der Waals surface area contributed by atoms with Gasteiger partial charge in [-0.05, 0) is 18.4 Å². The first-order valence-corrected chi connectivity index (χ1v) is 7.30. The van der Waals surface area contributed by atoms with Crippen LogP contribution in [-0.4, -0.2) is 34.7 Å². The Kier molecular flexibility index (Phi) is 4.96.